The number of aromatic carboxylic acids is 1. The number of rotatable bonds is 3. The molecule has 0 bridgehead atoms. The van der Waals surface area contributed by atoms with Crippen molar-refractivity contribution in [1.82, 2.24) is 4.90 Å². The van der Waals surface area contributed by atoms with Gasteiger partial charge in [-0.2, -0.15) is 0 Å². The molecule has 0 atom stereocenters. The summed E-state index contributed by atoms with van der Waals surface area (Å²) in [7, 11) is 0. The molecule has 1 N–H and O–H groups in total. The smallest absolute Gasteiger partial charge is 0.335 e. The van der Waals surface area contributed by atoms with Gasteiger partial charge in [0, 0.05) is 19.6 Å². The number of likely N-dealkylation sites (tertiary alicyclic amines) is 1. The zero-order chi connectivity index (χ0) is 13.3. The quantitative estimate of drug-likeness (QED) is 0.893. The molecule has 0 radical (unpaired) electrons. The highest BCUT2D eigenvalue weighted by Gasteiger charge is 2.35. The Labute approximate surface area is 108 Å². The lowest BCUT2D eigenvalue weighted by molar-refractivity contribution is 0.0189. The van der Waals surface area contributed by atoms with Crippen LogP contribution in [0.1, 0.15) is 36.7 Å². The fourth-order valence-electron chi connectivity index (χ4n) is 2.31. The predicted molar refractivity (Wildman–Crippen MR) is 71.6 cm³/mol. The number of hydrogen-bond donors (Lipinski definition) is 1. The van der Waals surface area contributed by atoms with E-state index in [0.717, 1.165) is 31.1 Å². The second-order valence-electron chi connectivity index (χ2n) is 6.26. The molecule has 3 heteroatoms. The maximum Gasteiger partial charge on any atom is 0.335 e. The first-order chi connectivity index (χ1) is 8.36. The molecule has 0 amide bonds. The summed E-state index contributed by atoms with van der Waals surface area (Å²) in [5, 5.41) is 8.95. The molecule has 1 fully saturated rings. The third kappa shape index (κ3) is 2.91. The Kier molecular flexibility index (Phi) is 3.44. The maximum atomic E-state index is 10.9. The van der Waals surface area contributed by atoms with E-state index in [0.29, 0.717) is 11.0 Å². The summed E-state index contributed by atoms with van der Waals surface area (Å²) in [5.41, 5.74) is 1.84. The lowest BCUT2D eigenvalue weighted by atomic mass is 9.76. The normalized spacial score (nSPS) is 17.5. The van der Waals surface area contributed by atoms with Crippen LogP contribution < -0.4 is 0 Å². The average Bonchev–Trinajstić information content (AvgIpc) is 2.21. The Morgan fingerprint density at radius 3 is 2.61 bits per heavy atom. The number of benzene rings is 1. The third-order valence-electron chi connectivity index (χ3n) is 3.76. The monoisotopic (exact) mass is 247 g/mol. The Bertz CT molecular complexity index is 442. The van der Waals surface area contributed by atoms with Gasteiger partial charge in [-0.3, -0.25) is 4.90 Å². The number of carbonyl (C=O) groups is 1. The van der Waals surface area contributed by atoms with Crippen molar-refractivity contribution in [2.45, 2.75) is 27.3 Å². The van der Waals surface area contributed by atoms with Crippen molar-refractivity contribution in [1.29, 1.82) is 0 Å². The molecule has 98 valence electrons. The Morgan fingerprint density at radius 2 is 2.06 bits per heavy atom. The SMILES string of the molecule is CC(C)(C)C1CN(Cc2cccc(C(=O)O)c2)C1. The van der Waals surface area contributed by atoms with E-state index in [4.69, 9.17) is 5.11 Å². The van der Waals surface area contributed by atoms with E-state index in [1.807, 2.05) is 12.1 Å². The summed E-state index contributed by atoms with van der Waals surface area (Å²) >= 11 is 0. The standard InChI is InChI=1S/C15H21NO2/c1-15(2,3)13-9-16(10-13)8-11-5-4-6-12(7-11)14(17)18/h4-7,13H,8-10H2,1-3H3,(H,17,18). The van der Waals surface area contributed by atoms with E-state index in [-0.39, 0.29) is 0 Å². The summed E-state index contributed by atoms with van der Waals surface area (Å²) in [6.07, 6.45) is 0. The zero-order valence-corrected chi connectivity index (χ0v) is 11.3. The van der Waals surface area contributed by atoms with E-state index in [2.05, 4.69) is 25.7 Å². The summed E-state index contributed by atoms with van der Waals surface area (Å²) in [6, 6.07) is 7.23. The molecule has 18 heavy (non-hydrogen) atoms. The highest BCUT2D eigenvalue weighted by atomic mass is 16.4. The first-order valence-corrected chi connectivity index (χ1v) is 6.41. The van der Waals surface area contributed by atoms with Crippen LogP contribution in [0.25, 0.3) is 0 Å². The minimum atomic E-state index is -0.854. The Balaban J connectivity index is 1.92. The van der Waals surface area contributed by atoms with Gasteiger partial charge in [0.05, 0.1) is 5.56 Å². The minimum Gasteiger partial charge on any atom is -0.478 e. The van der Waals surface area contributed by atoms with Crippen LogP contribution in [0.15, 0.2) is 24.3 Å². The van der Waals surface area contributed by atoms with Gasteiger partial charge < -0.3 is 5.11 Å². The van der Waals surface area contributed by atoms with Gasteiger partial charge in [-0.15, -0.1) is 0 Å². The van der Waals surface area contributed by atoms with Gasteiger partial charge in [-0.25, -0.2) is 4.79 Å². The second kappa shape index (κ2) is 4.73. The highest BCUT2D eigenvalue weighted by Crippen LogP contribution is 2.34. The van der Waals surface area contributed by atoms with Crippen molar-refractivity contribution in [2.24, 2.45) is 11.3 Å². The fourth-order valence-corrected chi connectivity index (χ4v) is 2.31. The van der Waals surface area contributed by atoms with E-state index in [9.17, 15) is 4.79 Å². The molecule has 1 aromatic carbocycles. The number of carboxylic acid groups (broad SMARTS) is 1. The fraction of sp³-hybridized carbons (Fsp3) is 0.533. The summed E-state index contributed by atoms with van der Waals surface area (Å²) in [4.78, 5) is 13.3. The molecule has 3 nitrogen and oxygen atoms in total. The highest BCUT2D eigenvalue weighted by molar-refractivity contribution is 5.87. The molecular formula is C15H21NO2. The first-order valence-electron chi connectivity index (χ1n) is 6.41. The van der Waals surface area contributed by atoms with Crippen LogP contribution >= 0.6 is 0 Å². The summed E-state index contributed by atoms with van der Waals surface area (Å²) in [5.74, 6) is -0.104. The van der Waals surface area contributed by atoms with E-state index >= 15 is 0 Å². The topological polar surface area (TPSA) is 40.5 Å². The molecule has 1 heterocycles. The van der Waals surface area contributed by atoms with E-state index in [1.54, 1.807) is 12.1 Å². The Morgan fingerprint density at radius 1 is 1.39 bits per heavy atom. The predicted octanol–water partition coefficient (Wildman–Crippen LogP) is 2.86. The van der Waals surface area contributed by atoms with Crippen LogP contribution in [0.3, 0.4) is 0 Å². The molecule has 2 rings (SSSR count). The van der Waals surface area contributed by atoms with Crippen molar-refractivity contribution in [2.75, 3.05) is 13.1 Å². The van der Waals surface area contributed by atoms with Gasteiger partial charge >= 0.3 is 5.97 Å². The molecular weight excluding hydrogens is 226 g/mol. The number of carboxylic acids is 1. The average molecular weight is 247 g/mol. The first kappa shape index (κ1) is 13.1. The van der Waals surface area contributed by atoms with Gasteiger partial charge in [-0.05, 0) is 29.0 Å². The zero-order valence-electron chi connectivity index (χ0n) is 11.3. The molecule has 1 saturated heterocycles. The van der Waals surface area contributed by atoms with Gasteiger partial charge in [0.1, 0.15) is 0 Å². The van der Waals surface area contributed by atoms with E-state index < -0.39 is 5.97 Å². The van der Waals surface area contributed by atoms with Gasteiger partial charge in [0.15, 0.2) is 0 Å². The molecule has 0 unspecified atom stereocenters. The van der Waals surface area contributed by atoms with Crippen molar-refractivity contribution in [3.05, 3.63) is 35.4 Å². The molecule has 1 aromatic rings. The largest absolute Gasteiger partial charge is 0.478 e. The lowest BCUT2D eigenvalue weighted by Gasteiger charge is -2.46. The third-order valence-corrected chi connectivity index (χ3v) is 3.76. The molecule has 0 aliphatic carbocycles. The number of nitrogens with zero attached hydrogens (tertiary/aromatic N) is 1. The molecule has 0 aromatic heterocycles. The lowest BCUT2D eigenvalue weighted by Crippen LogP contribution is -2.51. The van der Waals surface area contributed by atoms with Crippen LogP contribution in [-0.2, 0) is 6.54 Å². The Hall–Kier alpha value is -1.35. The van der Waals surface area contributed by atoms with Gasteiger partial charge in [0.25, 0.3) is 0 Å². The molecule has 0 saturated carbocycles. The molecule has 1 aliphatic rings. The maximum absolute atomic E-state index is 10.9. The van der Waals surface area contributed by atoms with Crippen molar-refractivity contribution in [3.63, 3.8) is 0 Å². The summed E-state index contributed by atoms with van der Waals surface area (Å²) in [6.45, 7) is 9.91. The van der Waals surface area contributed by atoms with Crippen molar-refractivity contribution in [3.8, 4) is 0 Å². The van der Waals surface area contributed by atoms with Gasteiger partial charge in [-0.1, -0.05) is 32.9 Å². The number of hydrogen-bond acceptors (Lipinski definition) is 2. The summed E-state index contributed by atoms with van der Waals surface area (Å²) < 4.78 is 0. The van der Waals surface area contributed by atoms with Crippen LogP contribution in [0.4, 0.5) is 0 Å². The second-order valence-corrected chi connectivity index (χ2v) is 6.26. The molecule has 0 spiro atoms. The van der Waals surface area contributed by atoms with Crippen LogP contribution in [0.2, 0.25) is 0 Å². The van der Waals surface area contributed by atoms with Crippen LogP contribution in [0.5, 0.6) is 0 Å². The minimum absolute atomic E-state index is 0.374. The van der Waals surface area contributed by atoms with Crippen molar-refractivity contribution >= 4 is 5.97 Å². The molecule has 1 aliphatic heterocycles. The van der Waals surface area contributed by atoms with Crippen molar-refractivity contribution < 1.29 is 9.90 Å². The van der Waals surface area contributed by atoms with Gasteiger partial charge in [0.2, 0.25) is 0 Å². The van der Waals surface area contributed by atoms with Crippen LogP contribution in [-0.4, -0.2) is 29.1 Å². The van der Waals surface area contributed by atoms with Crippen LogP contribution in [0, 0.1) is 11.3 Å². The van der Waals surface area contributed by atoms with E-state index in [1.165, 1.54) is 0 Å².